The van der Waals surface area contributed by atoms with Crippen molar-refractivity contribution in [1.29, 1.82) is 0 Å². The van der Waals surface area contributed by atoms with E-state index >= 15 is 0 Å². The van der Waals surface area contributed by atoms with Gasteiger partial charge in [-0.15, -0.1) is 0 Å². The molecule has 0 saturated carbocycles. The van der Waals surface area contributed by atoms with E-state index in [4.69, 9.17) is 9.97 Å². The molecule has 0 bridgehead atoms. The standard InChI is InChI=1S/C58H36N2/c1-2-14-37(15-3-1)43-18-8-13-25-51(43)56-36-55(42-31-32-50-48-23-10-9-21-46(48)47-22-11-12-24-49(47)54(50)35-42)59-58(60-56)40-28-26-39(27-29-40)57-45-20-7-5-17-41(45)34-53-44-19-6-4-16-38(44)30-33-52(53)57/h1-36H. The summed E-state index contributed by atoms with van der Waals surface area (Å²) in [5.41, 5.74) is 9.54. The van der Waals surface area contributed by atoms with Crippen LogP contribution in [0.3, 0.4) is 0 Å². The topological polar surface area (TPSA) is 25.8 Å². The van der Waals surface area contributed by atoms with Gasteiger partial charge in [-0.25, -0.2) is 9.97 Å². The summed E-state index contributed by atoms with van der Waals surface area (Å²) >= 11 is 0. The van der Waals surface area contributed by atoms with Crippen molar-refractivity contribution in [3.05, 3.63) is 218 Å². The maximum Gasteiger partial charge on any atom is 0.160 e. The molecule has 1 heterocycles. The maximum atomic E-state index is 5.38. The first kappa shape index (κ1) is 34.1. The van der Waals surface area contributed by atoms with Gasteiger partial charge in [0.05, 0.1) is 11.4 Å². The van der Waals surface area contributed by atoms with Gasteiger partial charge in [-0.3, -0.25) is 0 Å². The molecule has 60 heavy (non-hydrogen) atoms. The van der Waals surface area contributed by atoms with Crippen LogP contribution in [0.25, 0.3) is 121 Å². The summed E-state index contributed by atoms with van der Waals surface area (Å²) in [6, 6.07) is 78.7. The van der Waals surface area contributed by atoms with E-state index in [1.54, 1.807) is 0 Å². The SMILES string of the molecule is c1ccc(-c2ccccc2-c2cc(-c3ccc4c5ccccc5c5ccccc5c4c3)nc(-c3ccc(-c4c5ccccc5cc5c4ccc4ccccc45)cc3)n2)cc1. The highest BCUT2D eigenvalue weighted by Crippen LogP contribution is 2.42. The summed E-state index contributed by atoms with van der Waals surface area (Å²) in [6.45, 7) is 0. The van der Waals surface area contributed by atoms with E-state index in [0.717, 1.165) is 44.8 Å². The van der Waals surface area contributed by atoms with Crippen molar-refractivity contribution in [3.8, 4) is 56.2 Å². The van der Waals surface area contributed by atoms with Crippen LogP contribution in [0.5, 0.6) is 0 Å². The third-order valence-corrected chi connectivity index (χ3v) is 12.3. The van der Waals surface area contributed by atoms with Crippen LogP contribution in [0.4, 0.5) is 0 Å². The molecule has 0 fully saturated rings. The maximum absolute atomic E-state index is 5.38. The predicted molar refractivity (Wildman–Crippen MR) is 254 cm³/mol. The van der Waals surface area contributed by atoms with Crippen LogP contribution in [-0.2, 0) is 0 Å². The lowest BCUT2D eigenvalue weighted by atomic mass is 9.89. The molecule has 0 saturated heterocycles. The highest BCUT2D eigenvalue weighted by molar-refractivity contribution is 6.26. The Morgan fingerprint density at radius 2 is 0.733 bits per heavy atom. The minimum absolute atomic E-state index is 0.689. The number of rotatable bonds is 5. The van der Waals surface area contributed by atoms with Crippen LogP contribution < -0.4 is 0 Å². The smallest absolute Gasteiger partial charge is 0.160 e. The lowest BCUT2D eigenvalue weighted by Crippen LogP contribution is -1.97. The van der Waals surface area contributed by atoms with Gasteiger partial charge >= 0.3 is 0 Å². The van der Waals surface area contributed by atoms with E-state index < -0.39 is 0 Å². The van der Waals surface area contributed by atoms with Crippen molar-refractivity contribution in [2.75, 3.05) is 0 Å². The zero-order valence-electron chi connectivity index (χ0n) is 32.7. The molecule has 0 aliphatic heterocycles. The predicted octanol–water partition coefficient (Wildman–Crippen LogP) is 15.7. The second-order valence-electron chi connectivity index (χ2n) is 15.7. The molecule has 11 aromatic carbocycles. The second kappa shape index (κ2) is 13.9. The van der Waals surface area contributed by atoms with Gasteiger partial charge in [-0.2, -0.15) is 0 Å². The first-order valence-corrected chi connectivity index (χ1v) is 20.6. The molecule has 0 atom stereocenters. The Morgan fingerprint density at radius 1 is 0.233 bits per heavy atom. The molecule has 0 radical (unpaired) electrons. The molecular formula is C58H36N2. The molecule has 278 valence electrons. The minimum atomic E-state index is 0.689. The van der Waals surface area contributed by atoms with Crippen molar-refractivity contribution in [3.63, 3.8) is 0 Å². The van der Waals surface area contributed by atoms with Crippen LogP contribution in [0.1, 0.15) is 0 Å². The van der Waals surface area contributed by atoms with Gasteiger partial charge in [0.1, 0.15) is 0 Å². The number of nitrogens with zero attached hydrogens (tertiary/aromatic N) is 2. The molecule has 0 amide bonds. The van der Waals surface area contributed by atoms with Crippen LogP contribution in [0, 0.1) is 0 Å². The quantitative estimate of drug-likeness (QED) is 0.129. The lowest BCUT2D eigenvalue weighted by molar-refractivity contribution is 1.18. The van der Waals surface area contributed by atoms with Crippen LogP contribution >= 0.6 is 0 Å². The first-order chi connectivity index (χ1) is 29.7. The number of benzene rings is 11. The number of hydrogen-bond donors (Lipinski definition) is 0. The molecule has 1 aromatic heterocycles. The van der Waals surface area contributed by atoms with E-state index in [1.165, 1.54) is 70.2 Å². The molecule has 12 aromatic rings. The van der Waals surface area contributed by atoms with Crippen molar-refractivity contribution in [2.24, 2.45) is 0 Å². The molecule has 2 heteroatoms. The van der Waals surface area contributed by atoms with Gasteiger partial charge in [-0.05, 0) is 105 Å². The largest absolute Gasteiger partial charge is 0.228 e. The minimum Gasteiger partial charge on any atom is -0.228 e. The van der Waals surface area contributed by atoms with E-state index in [1.807, 2.05) is 0 Å². The highest BCUT2D eigenvalue weighted by Gasteiger charge is 2.17. The van der Waals surface area contributed by atoms with Gasteiger partial charge in [0, 0.05) is 16.7 Å². The Labute approximate surface area is 347 Å². The van der Waals surface area contributed by atoms with Crippen LogP contribution in [0.15, 0.2) is 218 Å². The zero-order valence-corrected chi connectivity index (χ0v) is 32.7. The third kappa shape index (κ3) is 5.57. The molecule has 0 aliphatic rings. The van der Waals surface area contributed by atoms with Gasteiger partial charge in [0.15, 0.2) is 5.82 Å². The molecule has 0 spiro atoms. The Bertz CT molecular complexity index is 3610. The molecular weight excluding hydrogens is 725 g/mol. The number of aromatic nitrogens is 2. The normalized spacial score (nSPS) is 11.7. The van der Waals surface area contributed by atoms with E-state index in [9.17, 15) is 0 Å². The molecule has 2 nitrogen and oxygen atoms in total. The third-order valence-electron chi connectivity index (χ3n) is 12.3. The van der Waals surface area contributed by atoms with Crippen LogP contribution in [-0.4, -0.2) is 9.97 Å². The summed E-state index contributed by atoms with van der Waals surface area (Å²) in [5.74, 6) is 0.689. The average molecular weight is 761 g/mol. The fraction of sp³-hybridized carbons (Fsp3) is 0. The molecule has 0 aliphatic carbocycles. The first-order valence-electron chi connectivity index (χ1n) is 20.6. The van der Waals surface area contributed by atoms with Crippen LogP contribution in [0.2, 0.25) is 0 Å². The fourth-order valence-electron chi connectivity index (χ4n) is 9.42. The molecule has 0 N–H and O–H groups in total. The monoisotopic (exact) mass is 760 g/mol. The summed E-state index contributed by atoms with van der Waals surface area (Å²) in [7, 11) is 0. The molecule has 12 rings (SSSR count). The van der Waals surface area contributed by atoms with E-state index in [-0.39, 0.29) is 0 Å². The second-order valence-corrected chi connectivity index (χ2v) is 15.7. The lowest BCUT2D eigenvalue weighted by Gasteiger charge is -2.15. The summed E-state index contributed by atoms with van der Waals surface area (Å²) < 4.78 is 0. The van der Waals surface area contributed by atoms with Crippen molar-refractivity contribution in [2.45, 2.75) is 0 Å². The Kier molecular flexibility index (Phi) is 7.89. The number of hydrogen-bond acceptors (Lipinski definition) is 2. The number of fused-ring (bicyclic) bond motifs is 10. The van der Waals surface area contributed by atoms with E-state index in [2.05, 4.69) is 218 Å². The average Bonchev–Trinajstić information content (AvgIpc) is 3.33. The van der Waals surface area contributed by atoms with Gasteiger partial charge < -0.3 is 0 Å². The van der Waals surface area contributed by atoms with Gasteiger partial charge in [0.25, 0.3) is 0 Å². The Hall–Kier alpha value is -7.94. The Morgan fingerprint density at radius 3 is 1.47 bits per heavy atom. The fourth-order valence-corrected chi connectivity index (χ4v) is 9.42. The zero-order chi connectivity index (χ0) is 39.6. The van der Waals surface area contributed by atoms with Crippen molar-refractivity contribution < 1.29 is 0 Å². The Balaban J connectivity index is 1.06. The molecule has 0 unspecified atom stereocenters. The van der Waals surface area contributed by atoms with E-state index in [0.29, 0.717) is 5.82 Å². The van der Waals surface area contributed by atoms with Crippen molar-refractivity contribution >= 4 is 64.6 Å². The summed E-state index contributed by atoms with van der Waals surface area (Å²) in [4.78, 5) is 10.7. The van der Waals surface area contributed by atoms with Gasteiger partial charge in [0.2, 0.25) is 0 Å². The summed E-state index contributed by atoms with van der Waals surface area (Å²) in [5, 5.41) is 15.0. The van der Waals surface area contributed by atoms with Crippen molar-refractivity contribution in [1.82, 2.24) is 9.97 Å². The highest BCUT2D eigenvalue weighted by atomic mass is 14.9. The van der Waals surface area contributed by atoms with Gasteiger partial charge in [-0.1, -0.05) is 200 Å². The summed E-state index contributed by atoms with van der Waals surface area (Å²) in [6.07, 6.45) is 0.